The number of aromatic nitrogens is 4. The Morgan fingerprint density at radius 2 is 1.69 bits per heavy atom. The molecule has 3 heterocycles. The van der Waals surface area contributed by atoms with Crippen LogP contribution in [0, 0.1) is 5.92 Å². The molecule has 1 aliphatic carbocycles. The Kier molecular flexibility index (Phi) is 4.89. The number of tetrazole rings is 1. The molecule has 2 aromatic carbocycles. The first kappa shape index (κ1) is 18.5. The lowest BCUT2D eigenvalue weighted by molar-refractivity contribution is -0.0556. The van der Waals surface area contributed by atoms with Gasteiger partial charge in [-0.15, -0.1) is 10.2 Å². The van der Waals surface area contributed by atoms with Gasteiger partial charge in [0.05, 0.1) is 11.5 Å². The van der Waals surface area contributed by atoms with Gasteiger partial charge in [0.1, 0.15) is 0 Å². The molecule has 3 fully saturated rings. The van der Waals surface area contributed by atoms with Gasteiger partial charge in [0.25, 0.3) is 0 Å². The molecule has 150 valence electrons. The molecule has 2 aliphatic heterocycles. The summed E-state index contributed by atoms with van der Waals surface area (Å²) in [6, 6.07) is 21.2. The van der Waals surface area contributed by atoms with Crippen molar-refractivity contribution < 1.29 is 5.11 Å². The highest BCUT2D eigenvalue weighted by atomic mass is 16.3. The van der Waals surface area contributed by atoms with E-state index in [4.69, 9.17) is 0 Å². The van der Waals surface area contributed by atoms with Crippen LogP contribution in [-0.2, 0) is 5.41 Å². The zero-order valence-electron chi connectivity index (χ0n) is 16.5. The average molecular weight is 390 g/mol. The van der Waals surface area contributed by atoms with E-state index in [0.717, 1.165) is 43.5 Å². The first-order valence-electron chi connectivity index (χ1n) is 10.5. The molecule has 29 heavy (non-hydrogen) atoms. The summed E-state index contributed by atoms with van der Waals surface area (Å²) in [7, 11) is 0. The number of hydrogen-bond acceptors (Lipinski definition) is 5. The van der Waals surface area contributed by atoms with Crippen molar-refractivity contribution in [1.82, 2.24) is 25.5 Å². The molecule has 0 amide bonds. The molecule has 3 aromatic rings. The largest absolute Gasteiger partial charge is 0.391 e. The van der Waals surface area contributed by atoms with Gasteiger partial charge < -0.3 is 5.11 Å². The zero-order chi connectivity index (χ0) is 19.7. The Morgan fingerprint density at radius 3 is 2.24 bits per heavy atom. The van der Waals surface area contributed by atoms with Gasteiger partial charge in [-0.25, -0.2) is 0 Å². The number of piperidine rings is 2. The van der Waals surface area contributed by atoms with Gasteiger partial charge >= 0.3 is 0 Å². The van der Waals surface area contributed by atoms with Crippen LogP contribution in [0.1, 0.15) is 42.6 Å². The van der Waals surface area contributed by atoms with Crippen molar-refractivity contribution in [3.8, 4) is 0 Å². The number of fused-ring (bicyclic) bond motifs is 3. The third kappa shape index (κ3) is 3.26. The van der Waals surface area contributed by atoms with Gasteiger partial charge in [-0.2, -0.15) is 5.21 Å². The Morgan fingerprint density at radius 1 is 1.00 bits per heavy atom. The number of nitrogens with one attached hydrogen (secondary N) is 1. The summed E-state index contributed by atoms with van der Waals surface area (Å²) in [6.07, 6.45) is 3.92. The van der Waals surface area contributed by atoms with E-state index in [0.29, 0.717) is 11.7 Å². The summed E-state index contributed by atoms with van der Waals surface area (Å²) < 4.78 is 0. The third-order valence-corrected chi connectivity index (χ3v) is 6.89. The molecule has 1 saturated carbocycles. The Bertz CT molecular complexity index is 875. The van der Waals surface area contributed by atoms with Crippen LogP contribution in [0.5, 0.6) is 0 Å². The van der Waals surface area contributed by atoms with Crippen molar-refractivity contribution in [3.63, 3.8) is 0 Å². The molecule has 1 aromatic heterocycles. The summed E-state index contributed by atoms with van der Waals surface area (Å²) >= 11 is 0. The SMILES string of the molecule is OC1CC2CCC1N(CCC(c1ccccc1)(c1ccccc1)c1nn[nH]n1)C2. The maximum absolute atomic E-state index is 10.5. The van der Waals surface area contributed by atoms with Crippen LogP contribution in [0.3, 0.4) is 0 Å². The molecule has 3 unspecified atom stereocenters. The second-order valence-corrected chi connectivity index (χ2v) is 8.43. The van der Waals surface area contributed by atoms with Crippen LogP contribution in [0.15, 0.2) is 60.7 Å². The number of aromatic amines is 1. The average Bonchev–Trinajstić information content (AvgIpc) is 3.31. The topological polar surface area (TPSA) is 77.9 Å². The van der Waals surface area contributed by atoms with Crippen molar-refractivity contribution in [2.24, 2.45) is 5.92 Å². The summed E-state index contributed by atoms with van der Waals surface area (Å²) in [5.74, 6) is 1.31. The monoisotopic (exact) mass is 389 g/mol. The number of H-pyrrole nitrogens is 1. The molecule has 3 atom stereocenters. The molecule has 2 bridgehead atoms. The second kappa shape index (κ2) is 7.69. The van der Waals surface area contributed by atoms with Crippen molar-refractivity contribution >= 4 is 0 Å². The van der Waals surface area contributed by atoms with Crippen molar-refractivity contribution in [2.45, 2.75) is 43.2 Å². The standard InChI is InChI=1S/C23H27N5O/c29-21-15-17-11-12-20(21)28(16-17)14-13-23(22-24-26-27-25-22,18-7-3-1-4-8-18)19-9-5-2-6-10-19/h1-10,17,20-21,29H,11-16H2,(H,24,25,26,27). The Labute approximate surface area is 171 Å². The van der Waals surface area contributed by atoms with E-state index in [1.54, 1.807) is 0 Å². The minimum atomic E-state index is -0.489. The minimum Gasteiger partial charge on any atom is -0.391 e. The third-order valence-electron chi connectivity index (χ3n) is 6.89. The quantitative estimate of drug-likeness (QED) is 0.678. The van der Waals surface area contributed by atoms with Crippen molar-refractivity contribution in [3.05, 3.63) is 77.6 Å². The fraction of sp³-hybridized carbons (Fsp3) is 0.435. The first-order valence-corrected chi connectivity index (χ1v) is 10.5. The molecular weight excluding hydrogens is 362 g/mol. The molecule has 2 saturated heterocycles. The van der Waals surface area contributed by atoms with Gasteiger partial charge in [0.2, 0.25) is 0 Å². The van der Waals surface area contributed by atoms with E-state index in [9.17, 15) is 5.11 Å². The van der Waals surface area contributed by atoms with Crippen LogP contribution in [0.2, 0.25) is 0 Å². The number of rotatable bonds is 6. The minimum absolute atomic E-state index is 0.199. The lowest BCUT2D eigenvalue weighted by atomic mass is 9.70. The van der Waals surface area contributed by atoms with Crippen LogP contribution in [-0.4, -0.2) is 55.9 Å². The molecule has 6 nitrogen and oxygen atoms in total. The molecule has 0 spiro atoms. The normalized spacial score (nSPS) is 24.7. The molecule has 0 radical (unpaired) electrons. The lowest BCUT2D eigenvalue weighted by Gasteiger charge is -2.49. The molecule has 6 rings (SSSR count). The van der Waals surface area contributed by atoms with Gasteiger partial charge in [-0.3, -0.25) is 4.90 Å². The van der Waals surface area contributed by atoms with E-state index in [1.165, 1.54) is 6.42 Å². The van der Waals surface area contributed by atoms with Crippen LogP contribution in [0.25, 0.3) is 0 Å². The van der Waals surface area contributed by atoms with Gasteiger partial charge in [0, 0.05) is 19.1 Å². The van der Waals surface area contributed by atoms with Crippen LogP contribution in [0.4, 0.5) is 0 Å². The maximum atomic E-state index is 10.5. The fourth-order valence-corrected chi connectivity index (χ4v) is 5.46. The van der Waals surface area contributed by atoms with Crippen molar-refractivity contribution in [1.29, 1.82) is 0 Å². The summed E-state index contributed by atoms with van der Waals surface area (Å²) in [4.78, 5) is 2.49. The summed E-state index contributed by atoms with van der Waals surface area (Å²) in [6.45, 7) is 1.96. The number of aliphatic hydroxyl groups is 1. The van der Waals surface area contributed by atoms with E-state index < -0.39 is 5.41 Å². The predicted molar refractivity (Wildman–Crippen MR) is 110 cm³/mol. The zero-order valence-corrected chi connectivity index (χ0v) is 16.5. The molecule has 3 aliphatic rings. The van der Waals surface area contributed by atoms with Crippen LogP contribution < -0.4 is 0 Å². The fourth-order valence-electron chi connectivity index (χ4n) is 5.46. The van der Waals surface area contributed by atoms with E-state index in [1.807, 2.05) is 12.1 Å². The highest BCUT2D eigenvalue weighted by Gasteiger charge is 2.44. The van der Waals surface area contributed by atoms with Crippen LogP contribution >= 0.6 is 0 Å². The van der Waals surface area contributed by atoms with E-state index >= 15 is 0 Å². The molecule has 2 N–H and O–H groups in total. The number of nitrogens with zero attached hydrogens (tertiary/aromatic N) is 4. The van der Waals surface area contributed by atoms with E-state index in [2.05, 4.69) is 74.1 Å². The number of hydrogen-bond donors (Lipinski definition) is 2. The van der Waals surface area contributed by atoms with Gasteiger partial charge in [-0.1, -0.05) is 65.9 Å². The Balaban J connectivity index is 1.55. The maximum Gasteiger partial charge on any atom is 0.189 e. The Hall–Kier alpha value is -2.57. The van der Waals surface area contributed by atoms with E-state index in [-0.39, 0.29) is 12.1 Å². The lowest BCUT2D eigenvalue weighted by Crippen LogP contribution is -2.56. The van der Waals surface area contributed by atoms with Gasteiger partial charge in [-0.05, 0) is 42.7 Å². The number of aliphatic hydroxyl groups excluding tert-OH is 1. The highest BCUT2D eigenvalue weighted by molar-refractivity contribution is 5.45. The summed E-state index contributed by atoms with van der Waals surface area (Å²) in [5, 5.41) is 26.0. The first-order chi connectivity index (χ1) is 14.3. The summed E-state index contributed by atoms with van der Waals surface area (Å²) in [5.41, 5.74) is 1.84. The van der Waals surface area contributed by atoms with Gasteiger partial charge in [0.15, 0.2) is 5.82 Å². The highest BCUT2D eigenvalue weighted by Crippen LogP contribution is 2.42. The number of benzene rings is 2. The smallest absolute Gasteiger partial charge is 0.189 e. The molecular formula is C23H27N5O. The predicted octanol–water partition coefficient (Wildman–Crippen LogP) is 2.77. The second-order valence-electron chi connectivity index (χ2n) is 8.43. The van der Waals surface area contributed by atoms with Crippen molar-refractivity contribution in [2.75, 3.05) is 13.1 Å². The molecule has 6 heteroatoms.